The minimum Gasteiger partial charge on any atom is -0.460 e. The summed E-state index contributed by atoms with van der Waals surface area (Å²) in [7, 11) is 0. The maximum Gasteiger partial charge on any atom is 0.323 e. The first-order valence-electron chi connectivity index (χ1n) is 8.51. The number of piperidine rings is 1. The topological polar surface area (TPSA) is 29.5 Å². The maximum absolute atomic E-state index is 13.0. The summed E-state index contributed by atoms with van der Waals surface area (Å²) >= 11 is 0. The summed E-state index contributed by atoms with van der Waals surface area (Å²) in [5.41, 5.74) is 1.73. The molecule has 1 fully saturated rings. The quantitative estimate of drug-likeness (QED) is 0.765. The molecule has 0 aromatic heterocycles. The zero-order valence-electron chi connectivity index (χ0n) is 14.0. The largest absolute Gasteiger partial charge is 0.460 e. The van der Waals surface area contributed by atoms with E-state index in [1.54, 1.807) is 24.3 Å². The molecule has 0 aliphatic carbocycles. The molecule has 25 heavy (non-hydrogen) atoms. The molecule has 0 N–H and O–H groups in total. The highest BCUT2D eigenvalue weighted by Gasteiger charge is 2.29. The molecule has 132 valence electrons. The standard InChI is InChI=1S/C20H21F2NO2/c21-17-8-4-15(5-9-17)13-23-12-2-1-3-19(23)20(24)25-14-16-6-10-18(22)11-7-16/h4-11,19H,1-3,12-14H2. The Balaban J connectivity index is 1.60. The van der Waals surface area contributed by atoms with Gasteiger partial charge in [-0.3, -0.25) is 9.69 Å². The van der Waals surface area contributed by atoms with Crippen LogP contribution in [0.5, 0.6) is 0 Å². The number of benzene rings is 2. The van der Waals surface area contributed by atoms with Crippen molar-refractivity contribution < 1.29 is 18.3 Å². The highest BCUT2D eigenvalue weighted by Crippen LogP contribution is 2.21. The molecule has 1 aliphatic rings. The summed E-state index contributed by atoms with van der Waals surface area (Å²) in [5.74, 6) is -0.836. The van der Waals surface area contributed by atoms with Gasteiger partial charge in [-0.1, -0.05) is 30.7 Å². The number of carbonyl (C=O) groups is 1. The van der Waals surface area contributed by atoms with Crippen LogP contribution < -0.4 is 0 Å². The molecule has 1 unspecified atom stereocenters. The number of ether oxygens (including phenoxy) is 1. The fraction of sp³-hybridized carbons (Fsp3) is 0.350. The van der Waals surface area contributed by atoms with Crippen LogP contribution in [-0.2, 0) is 22.7 Å². The van der Waals surface area contributed by atoms with E-state index in [4.69, 9.17) is 4.74 Å². The van der Waals surface area contributed by atoms with E-state index in [2.05, 4.69) is 4.90 Å². The molecule has 1 aliphatic heterocycles. The molecule has 0 spiro atoms. The first kappa shape index (κ1) is 17.5. The predicted molar refractivity (Wildman–Crippen MR) is 90.6 cm³/mol. The first-order valence-corrected chi connectivity index (χ1v) is 8.51. The third kappa shape index (κ3) is 4.86. The Hall–Kier alpha value is -2.27. The predicted octanol–water partition coefficient (Wildman–Crippen LogP) is 4.06. The van der Waals surface area contributed by atoms with Crippen molar-refractivity contribution >= 4 is 5.97 Å². The zero-order chi connectivity index (χ0) is 17.6. The van der Waals surface area contributed by atoms with Crippen LogP contribution in [0.4, 0.5) is 8.78 Å². The second kappa shape index (κ2) is 8.21. The molecule has 1 saturated heterocycles. The van der Waals surface area contributed by atoms with Gasteiger partial charge in [0.1, 0.15) is 24.3 Å². The van der Waals surface area contributed by atoms with Crippen molar-refractivity contribution in [3.8, 4) is 0 Å². The third-order valence-corrected chi connectivity index (χ3v) is 4.48. The molecule has 5 heteroatoms. The Morgan fingerprint density at radius 3 is 2.20 bits per heavy atom. The molecule has 3 nitrogen and oxygen atoms in total. The Morgan fingerprint density at radius 2 is 1.56 bits per heavy atom. The van der Waals surface area contributed by atoms with Crippen molar-refractivity contribution in [3.05, 3.63) is 71.3 Å². The molecule has 2 aromatic rings. The molecular weight excluding hydrogens is 324 g/mol. The Labute approximate surface area is 146 Å². The Kier molecular flexibility index (Phi) is 5.76. The highest BCUT2D eigenvalue weighted by molar-refractivity contribution is 5.75. The normalized spacial score (nSPS) is 18.1. The summed E-state index contributed by atoms with van der Waals surface area (Å²) in [6.07, 6.45) is 2.77. The van der Waals surface area contributed by atoms with Crippen molar-refractivity contribution in [2.45, 2.75) is 38.5 Å². The second-order valence-corrected chi connectivity index (χ2v) is 6.34. The Bertz CT molecular complexity index is 701. The van der Waals surface area contributed by atoms with Gasteiger partial charge in [0.25, 0.3) is 0 Å². The van der Waals surface area contributed by atoms with Gasteiger partial charge in [0.15, 0.2) is 0 Å². The lowest BCUT2D eigenvalue weighted by Crippen LogP contribution is -2.44. The fourth-order valence-electron chi connectivity index (χ4n) is 3.10. The van der Waals surface area contributed by atoms with Gasteiger partial charge in [-0.15, -0.1) is 0 Å². The van der Waals surface area contributed by atoms with Crippen molar-refractivity contribution in [3.63, 3.8) is 0 Å². The van der Waals surface area contributed by atoms with Gasteiger partial charge >= 0.3 is 5.97 Å². The van der Waals surface area contributed by atoms with Gasteiger partial charge in [-0.05, 0) is 54.8 Å². The number of carbonyl (C=O) groups excluding carboxylic acids is 1. The van der Waals surface area contributed by atoms with Crippen molar-refractivity contribution in [1.82, 2.24) is 4.90 Å². The Morgan fingerprint density at radius 1 is 0.960 bits per heavy atom. The number of hydrogen-bond acceptors (Lipinski definition) is 3. The van der Waals surface area contributed by atoms with E-state index in [0.717, 1.165) is 36.9 Å². The SMILES string of the molecule is O=C(OCc1ccc(F)cc1)C1CCCCN1Cc1ccc(F)cc1. The van der Waals surface area contributed by atoms with E-state index >= 15 is 0 Å². The summed E-state index contributed by atoms with van der Waals surface area (Å²) in [5, 5.41) is 0. The fourth-order valence-corrected chi connectivity index (χ4v) is 3.10. The van der Waals surface area contributed by atoms with Crippen LogP contribution in [0.1, 0.15) is 30.4 Å². The molecule has 3 rings (SSSR count). The molecule has 0 amide bonds. The van der Waals surface area contributed by atoms with E-state index in [1.807, 2.05) is 0 Å². The highest BCUT2D eigenvalue weighted by atomic mass is 19.1. The molecule has 0 bridgehead atoms. The van der Waals surface area contributed by atoms with Crippen LogP contribution in [0.2, 0.25) is 0 Å². The number of halogens is 2. The van der Waals surface area contributed by atoms with Gasteiger partial charge in [-0.25, -0.2) is 8.78 Å². The van der Waals surface area contributed by atoms with Crippen LogP contribution in [0.3, 0.4) is 0 Å². The maximum atomic E-state index is 13.0. The smallest absolute Gasteiger partial charge is 0.323 e. The zero-order valence-corrected chi connectivity index (χ0v) is 14.0. The average Bonchev–Trinajstić information content (AvgIpc) is 2.63. The van der Waals surface area contributed by atoms with Crippen molar-refractivity contribution in [2.75, 3.05) is 6.54 Å². The molecule has 0 radical (unpaired) electrons. The van der Waals surface area contributed by atoms with Crippen LogP contribution in [0.15, 0.2) is 48.5 Å². The minimum atomic E-state index is -0.312. The number of nitrogens with zero attached hydrogens (tertiary/aromatic N) is 1. The number of likely N-dealkylation sites (tertiary alicyclic amines) is 1. The lowest BCUT2D eigenvalue weighted by molar-refractivity contribution is -0.153. The van der Waals surface area contributed by atoms with Gasteiger partial charge in [0.2, 0.25) is 0 Å². The van der Waals surface area contributed by atoms with Gasteiger partial charge in [-0.2, -0.15) is 0 Å². The lowest BCUT2D eigenvalue weighted by Gasteiger charge is -2.34. The number of hydrogen-bond donors (Lipinski definition) is 0. The van der Waals surface area contributed by atoms with E-state index < -0.39 is 0 Å². The molecule has 1 atom stereocenters. The monoisotopic (exact) mass is 345 g/mol. The van der Waals surface area contributed by atoms with Crippen LogP contribution in [0, 0.1) is 11.6 Å². The van der Waals surface area contributed by atoms with Crippen LogP contribution in [-0.4, -0.2) is 23.5 Å². The van der Waals surface area contributed by atoms with E-state index in [0.29, 0.717) is 6.54 Å². The molecular formula is C20H21F2NO2. The van der Waals surface area contributed by atoms with Crippen LogP contribution in [0.25, 0.3) is 0 Å². The molecule has 2 aromatic carbocycles. The summed E-state index contributed by atoms with van der Waals surface area (Å²) in [4.78, 5) is 14.6. The third-order valence-electron chi connectivity index (χ3n) is 4.48. The number of esters is 1. The summed E-state index contributed by atoms with van der Waals surface area (Å²) in [6.45, 7) is 1.55. The number of rotatable bonds is 5. The lowest BCUT2D eigenvalue weighted by atomic mass is 10.0. The average molecular weight is 345 g/mol. The molecule has 0 saturated carbocycles. The van der Waals surface area contributed by atoms with E-state index in [-0.39, 0.29) is 30.3 Å². The van der Waals surface area contributed by atoms with E-state index in [1.165, 1.54) is 24.3 Å². The molecule has 1 heterocycles. The second-order valence-electron chi connectivity index (χ2n) is 6.34. The van der Waals surface area contributed by atoms with Crippen molar-refractivity contribution in [1.29, 1.82) is 0 Å². The van der Waals surface area contributed by atoms with Gasteiger partial charge in [0.05, 0.1) is 0 Å². The summed E-state index contributed by atoms with van der Waals surface area (Å²) < 4.78 is 31.4. The first-order chi connectivity index (χ1) is 12.1. The van der Waals surface area contributed by atoms with Crippen molar-refractivity contribution in [2.24, 2.45) is 0 Å². The van der Waals surface area contributed by atoms with Gasteiger partial charge in [0, 0.05) is 6.54 Å². The van der Waals surface area contributed by atoms with Crippen LogP contribution >= 0.6 is 0 Å². The minimum absolute atomic E-state index is 0.139. The van der Waals surface area contributed by atoms with E-state index in [9.17, 15) is 13.6 Å². The summed E-state index contributed by atoms with van der Waals surface area (Å²) in [6, 6.07) is 12.0. The van der Waals surface area contributed by atoms with Gasteiger partial charge < -0.3 is 4.74 Å².